The van der Waals surface area contributed by atoms with Crippen LogP contribution < -0.4 is 10.9 Å². The molecule has 3 aromatic rings. The van der Waals surface area contributed by atoms with E-state index in [2.05, 4.69) is 5.32 Å². The quantitative estimate of drug-likeness (QED) is 0.459. The summed E-state index contributed by atoms with van der Waals surface area (Å²) in [6, 6.07) is 13.3. The molecule has 7 heteroatoms. The number of nitrogens with zero attached hydrogens (tertiary/aromatic N) is 2. The lowest BCUT2D eigenvalue weighted by Gasteiger charge is -2.19. The molecule has 1 saturated heterocycles. The summed E-state index contributed by atoms with van der Waals surface area (Å²) in [5.41, 5.74) is 3.42. The van der Waals surface area contributed by atoms with Crippen molar-refractivity contribution in [2.75, 3.05) is 11.9 Å². The molecule has 1 aliphatic rings. The van der Waals surface area contributed by atoms with Gasteiger partial charge in [0.05, 0.1) is 28.8 Å². The Bertz CT molecular complexity index is 1150. The van der Waals surface area contributed by atoms with Crippen LogP contribution in [0, 0.1) is 13.8 Å². The zero-order valence-electron chi connectivity index (χ0n) is 18.1. The normalized spacial score (nSPS) is 17.1. The van der Waals surface area contributed by atoms with Crippen LogP contribution in [0.4, 0.5) is 5.69 Å². The number of hydrogen-bond donors (Lipinski definition) is 1. The number of ether oxygens (including phenoxy) is 1. The van der Waals surface area contributed by atoms with Crippen LogP contribution in [0.25, 0.3) is 10.9 Å². The van der Waals surface area contributed by atoms with Crippen molar-refractivity contribution in [1.29, 1.82) is 0 Å². The lowest BCUT2D eigenvalue weighted by molar-refractivity contribution is -0.115. The Balaban J connectivity index is 1.63. The van der Waals surface area contributed by atoms with Gasteiger partial charge in [-0.25, -0.2) is 4.98 Å². The minimum absolute atomic E-state index is 0.00115. The number of fused-ring (bicyclic) bond motifs is 1. The Kier molecular flexibility index (Phi) is 6.43. The third kappa shape index (κ3) is 4.67. The van der Waals surface area contributed by atoms with Crippen molar-refractivity contribution in [2.24, 2.45) is 0 Å². The van der Waals surface area contributed by atoms with Crippen molar-refractivity contribution in [3.8, 4) is 0 Å². The van der Waals surface area contributed by atoms with Crippen LogP contribution in [0.2, 0.25) is 0 Å². The Morgan fingerprint density at radius 2 is 1.97 bits per heavy atom. The van der Waals surface area contributed by atoms with Crippen molar-refractivity contribution in [3.05, 3.63) is 63.9 Å². The Morgan fingerprint density at radius 3 is 2.68 bits per heavy atom. The maximum absolute atomic E-state index is 13.2. The van der Waals surface area contributed by atoms with Gasteiger partial charge in [-0.15, -0.1) is 0 Å². The van der Waals surface area contributed by atoms with Crippen LogP contribution in [-0.4, -0.2) is 33.4 Å². The number of hydrogen-bond acceptors (Lipinski definition) is 5. The van der Waals surface area contributed by atoms with Gasteiger partial charge in [0, 0.05) is 12.3 Å². The summed E-state index contributed by atoms with van der Waals surface area (Å²) in [7, 11) is 0. The van der Waals surface area contributed by atoms with Gasteiger partial charge < -0.3 is 10.1 Å². The first-order valence-electron chi connectivity index (χ1n) is 10.6. The molecule has 4 rings (SSSR count). The second-order valence-electron chi connectivity index (χ2n) is 7.98. The molecule has 162 valence electrons. The third-order valence-electron chi connectivity index (χ3n) is 5.62. The summed E-state index contributed by atoms with van der Waals surface area (Å²) in [4.78, 5) is 30.9. The Morgan fingerprint density at radius 1 is 1.23 bits per heavy atom. The average molecular weight is 438 g/mol. The van der Waals surface area contributed by atoms with Gasteiger partial charge in [-0.05, 0) is 56.9 Å². The molecule has 2 heterocycles. The van der Waals surface area contributed by atoms with Gasteiger partial charge in [-0.3, -0.25) is 14.2 Å². The number of rotatable bonds is 6. The van der Waals surface area contributed by atoms with E-state index in [1.54, 1.807) is 10.6 Å². The summed E-state index contributed by atoms with van der Waals surface area (Å²) >= 11 is 1.31. The molecule has 0 unspecified atom stereocenters. The van der Waals surface area contributed by atoms with Gasteiger partial charge >= 0.3 is 0 Å². The summed E-state index contributed by atoms with van der Waals surface area (Å²) in [5.74, 6) is -0.117. The van der Waals surface area contributed by atoms with E-state index < -0.39 is 5.25 Å². The highest BCUT2D eigenvalue weighted by atomic mass is 32.2. The van der Waals surface area contributed by atoms with Crippen molar-refractivity contribution in [1.82, 2.24) is 9.55 Å². The molecule has 2 atom stereocenters. The first kappa shape index (κ1) is 21.6. The molecule has 0 saturated carbocycles. The number of anilines is 1. The lowest BCUT2D eigenvalue weighted by Crippen LogP contribution is -2.30. The van der Waals surface area contributed by atoms with Crippen LogP contribution in [-0.2, 0) is 16.1 Å². The number of carbonyl (C=O) groups excluding carboxylic acids is 1. The second-order valence-corrected chi connectivity index (χ2v) is 9.29. The number of benzene rings is 2. The Labute approximate surface area is 186 Å². The number of amides is 1. The molecule has 0 radical (unpaired) electrons. The molecule has 1 N–H and O–H groups in total. The number of carbonyl (C=O) groups is 1. The molecule has 0 aliphatic carbocycles. The van der Waals surface area contributed by atoms with Crippen molar-refractivity contribution >= 4 is 34.3 Å². The predicted octanol–water partition coefficient (Wildman–Crippen LogP) is 4.31. The fourth-order valence-corrected chi connectivity index (χ4v) is 4.76. The molecule has 1 aliphatic heterocycles. The van der Waals surface area contributed by atoms with Gasteiger partial charge in [0.25, 0.3) is 5.56 Å². The monoisotopic (exact) mass is 437 g/mol. The Hall–Kier alpha value is -2.64. The molecule has 31 heavy (non-hydrogen) atoms. The highest BCUT2D eigenvalue weighted by molar-refractivity contribution is 8.00. The van der Waals surface area contributed by atoms with Crippen LogP contribution in [0.3, 0.4) is 0 Å². The fourth-order valence-electron chi connectivity index (χ4n) is 3.84. The first-order chi connectivity index (χ1) is 14.9. The van der Waals surface area contributed by atoms with E-state index >= 15 is 0 Å². The molecule has 1 aromatic heterocycles. The summed E-state index contributed by atoms with van der Waals surface area (Å²) in [6.07, 6.45) is 1.92. The lowest BCUT2D eigenvalue weighted by atomic mass is 10.1. The first-order valence-corrected chi connectivity index (χ1v) is 11.5. The standard InChI is InChI=1S/C24H27N3O3S/c1-15-8-6-9-16(2)21(15)26-22(28)17(3)31-24-25-20-12-5-4-11-19(20)23(29)27(24)14-18-10-7-13-30-18/h4-6,8-9,11-12,17-18H,7,10,13-14H2,1-3H3,(H,26,28)/t17-,18+/m0/s1. The number of para-hydroxylation sites is 2. The summed E-state index contributed by atoms with van der Waals surface area (Å²) in [5, 5.41) is 3.74. The molecule has 0 spiro atoms. The fraction of sp³-hybridized carbons (Fsp3) is 0.375. The maximum atomic E-state index is 13.2. The average Bonchev–Trinajstić information content (AvgIpc) is 3.27. The molecule has 0 bridgehead atoms. The number of thioether (sulfide) groups is 1. The molecular weight excluding hydrogens is 410 g/mol. The van der Waals surface area contributed by atoms with Gasteiger partial charge in [-0.1, -0.05) is 42.1 Å². The van der Waals surface area contributed by atoms with E-state index in [0.717, 1.165) is 36.3 Å². The van der Waals surface area contributed by atoms with Gasteiger partial charge in [0.2, 0.25) is 5.91 Å². The van der Waals surface area contributed by atoms with Crippen molar-refractivity contribution in [2.45, 2.75) is 56.7 Å². The number of aromatic nitrogens is 2. The largest absolute Gasteiger partial charge is 0.376 e. The third-order valence-corrected chi connectivity index (χ3v) is 6.71. The number of aryl methyl sites for hydroxylation is 2. The summed E-state index contributed by atoms with van der Waals surface area (Å²) < 4.78 is 7.43. The van der Waals surface area contributed by atoms with Gasteiger partial charge in [0.1, 0.15) is 0 Å². The van der Waals surface area contributed by atoms with Crippen LogP contribution in [0.1, 0.15) is 30.9 Å². The SMILES string of the molecule is Cc1cccc(C)c1NC(=O)[C@H](C)Sc1nc2ccccc2c(=O)n1C[C@H]1CCCO1. The topological polar surface area (TPSA) is 73.2 Å². The molecule has 1 amide bonds. The van der Waals surface area contributed by atoms with Crippen molar-refractivity contribution < 1.29 is 9.53 Å². The minimum atomic E-state index is -0.428. The highest BCUT2D eigenvalue weighted by Crippen LogP contribution is 2.26. The van der Waals surface area contributed by atoms with E-state index in [1.165, 1.54) is 11.8 Å². The second kappa shape index (κ2) is 9.24. The highest BCUT2D eigenvalue weighted by Gasteiger charge is 2.23. The molecule has 2 aromatic carbocycles. The molecule has 1 fully saturated rings. The van der Waals surface area contributed by atoms with E-state index in [1.807, 2.05) is 57.2 Å². The maximum Gasteiger partial charge on any atom is 0.262 e. The van der Waals surface area contributed by atoms with E-state index in [0.29, 0.717) is 22.6 Å². The van der Waals surface area contributed by atoms with E-state index in [-0.39, 0.29) is 17.6 Å². The van der Waals surface area contributed by atoms with Crippen LogP contribution >= 0.6 is 11.8 Å². The summed E-state index contributed by atoms with van der Waals surface area (Å²) in [6.45, 7) is 6.96. The predicted molar refractivity (Wildman–Crippen MR) is 125 cm³/mol. The van der Waals surface area contributed by atoms with Crippen molar-refractivity contribution in [3.63, 3.8) is 0 Å². The van der Waals surface area contributed by atoms with Gasteiger partial charge in [0.15, 0.2) is 5.16 Å². The van der Waals surface area contributed by atoms with Gasteiger partial charge in [-0.2, -0.15) is 0 Å². The zero-order valence-corrected chi connectivity index (χ0v) is 18.9. The minimum Gasteiger partial charge on any atom is -0.376 e. The van der Waals surface area contributed by atoms with E-state index in [4.69, 9.17) is 9.72 Å². The zero-order chi connectivity index (χ0) is 22.0. The van der Waals surface area contributed by atoms with Crippen LogP contribution in [0.15, 0.2) is 52.4 Å². The smallest absolute Gasteiger partial charge is 0.262 e. The van der Waals surface area contributed by atoms with E-state index in [9.17, 15) is 9.59 Å². The number of nitrogens with one attached hydrogen (secondary N) is 1. The molecular formula is C24H27N3O3S. The molecule has 6 nitrogen and oxygen atoms in total. The van der Waals surface area contributed by atoms with Crippen LogP contribution in [0.5, 0.6) is 0 Å².